The summed E-state index contributed by atoms with van der Waals surface area (Å²) >= 11 is 0. The Labute approximate surface area is 352 Å². The lowest BCUT2D eigenvalue weighted by atomic mass is 9.55. The van der Waals surface area contributed by atoms with E-state index in [2.05, 4.69) is 22.8 Å². The van der Waals surface area contributed by atoms with E-state index in [1.807, 2.05) is 31.2 Å². The van der Waals surface area contributed by atoms with Gasteiger partial charge in [0.05, 0.1) is 29.8 Å². The summed E-state index contributed by atoms with van der Waals surface area (Å²) in [7, 11) is -2.79. The van der Waals surface area contributed by atoms with E-state index < -0.39 is 27.8 Å². The third-order valence-corrected chi connectivity index (χ3v) is 14.1. The van der Waals surface area contributed by atoms with Gasteiger partial charge in [0.25, 0.3) is 0 Å². The molecule has 60 heavy (non-hydrogen) atoms. The molecule has 1 fully saturated rings. The van der Waals surface area contributed by atoms with Crippen molar-refractivity contribution in [1.82, 2.24) is 9.29 Å². The van der Waals surface area contributed by atoms with Gasteiger partial charge in [-0.25, -0.2) is 12.8 Å². The lowest BCUT2D eigenvalue weighted by Crippen LogP contribution is -2.70. The zero-order chi connectivity index (χ0) is 42.3. The molecule has 320 valence electrons. The predicted octanol–water partition coefficient (Wildman–Crippen LogP) is 8.32. The molecule has 2 aliphatic carbocycles. The van der Waals surface area contributed by atoms with Crippen LogP contribution in [0.4, 0.5) is 4.39 Å². The number of nitrogens with zero attached hydrogens (tertiary/aromatic N) is 3. The van der Waals surface area contributed by atoms with Crippen molar-refractivity contribution in [1.29, 1.82) is 0 Å². The number of hydrogen-bond donors (Lipinski definition) is 2. The highest BCUT2D eigenvalue weighted by atomic mass is 32.2. The Morgan fingerprint density at radius 2 is 1.82 bits per heavy atom. The summed E-state index contributed by atoms with van der Waals surface area (Å²) in [5.41, 5.74) is 3.11. The first-order chi connectivity index (χ1) is 29.2. The number of allylic oxidation sites excluding steroid dienone is 1. The molecule has 13 heteroatoms. The minimum atomic E-state index is -4.28. The van der Waals surface area contributed by atoms with E-state index in [1.165, 1.54) is 17.5 Å². The maximum Gasteiger partial charge on any atom is 0.245 e. The fourth-order valence-corrected chi connectivity index (χ4v) is 11.6. The van der Waals surface area contributed by atoms with Crippen LogP contribution in [-0.4, -0.2) is 78.9 Å². The lowest BCUT2D eigenvalue weighted by Gasteiger charge is -2.59. The highest BCUT2D eigenvalue weighted by Gasteiger charge is 2.66. The van der Waals surface area contributed by atoms with E-state index in [1.54, 1.807) is 54.7 Å². The number of para-hydroxylation sites is 1. The molecule has 0 amide bonds. The smallest absolute Gasteiger partial charge is 0.245 e. The van der Waals surface area contributed by atoms with Gasteiger partial charge in [0.15, 0.2) is 0 Å². The number of unbranched alkanes of at least 4 members (excludes halogenated alkanes) is 2. The Bertz CT molecular complexity index is 2300. The van der Waals surface area contributed by atoms with Gasteiger partial charge in [0.1, 0.15) is 35.9 Å². The van der Waals surface area contributed by atoms with Crippen LogP contribution in [-0.2, 0) is 26.2 Å². The molecule has 0 bridgehead atoms. The van der Waals surface area contributed by atoms with Gasteiger partial charge in [-0.3, -0.25) is 4.98 Å². The zero-order valence-electron chi connectivity index (χ0n) is 34.4. The van der Waals surface area contributed by atoms with E-state index in [0.717, 1.165) is 36.8 Å². The highest BCUT2D eigenvalue weighted by Crippen LogP contribution is 2.62. The zero-order valence-corrected chi connectivity index (χ0v) is 35.2. The van der Waals surface area contributed by atoms with Crippen molar-refractivity contribution in [2.24, 2.45) is 22.9 Å². The second-order valence-electron chi connectivity index (χ2n) is 15.8. The Kier molecular flexibility index (Phi) is 14.0. The quantitative estimate of drug-likeness (QED) is 0.0511. The lowest BCUT2D eigenvalue weighted by molar-refractivity contribution is -0.251. The number of oxime groups is 1. The number of aromatic nitrogens is 1. The second-order valence-corrected chi connectivity index (χ2v) is 17.6. The van der Waals surface area contributed by atoms with Crippen LogP contribution in [0, 0.1) is 23.6 Å². The molecule has 11 nitrogen and oxygen atoms in total. The molecule has 0 saturated heterocycles. The highest BCUT2D eigenvalue weighted by molar-refractivity contribution is 7.89. The van der Waals surface area contributed by atoms with Gasteiger partial charge in [0, 0.05) is 54.8 Å². The van der Waals surface area contributed by atoms with Crippen LogP contribution in [0.2, 0.25) is 0 Å². The van der Waals surface area contributed by atoms with Crippen molar-refractivity contribution in [3.8, 4) is 11.5 Å². The molecule has 1 saturated carbocycles. The topological polar surface area (TPSA) is 140 Å². The maximum atomic E-state index is 15.4. The predicted molar refractivity (Wildman–Crippen MR) is 229 cm³/mol. The van der Waals surface area contributed by atoms with E-state index in [4.69, 9.17) is 19.0 Å². The van der Waals surface area contributed by atoms with Gasteiger partial charge in [-0.05, 0) is 85.9 Å². The van der Waals surface area contributed by atoms with Crippen LogP contribution < -0.4 is 9.47 Å². The Morgan fingerprint density at radius 3 is 2.57 bits per heavy atom. The summed E-state index contributed by atoms with van der Waals surface area (Å²) in [5, 5.41) is 25.1. The number of aliphatic hydroxyl groups excluding tert-OH is 2. The minimum Gasteiger partial charge on any atom is -0.489 e. The Morgan fingerprint density at radius 1 is 1.03 bits per heavy atom. The fourth-order valence-electron chi connectivity index (χ4n) is 9.67. The molecule has 4 aromatic rings. The number of fused-ring (bicyclic) bond motifs is 3. The van der Waals surface area contributed by atoms with Gasteiger partial charge < -0.3 is 29.3 Å². The van der Waals surface area contributed by atoms with Crippen molar-refractivity contribution in [2.75, 3.05) is 33.5 Å². The minimum absolute atomic E-state index is 0.0151. The average molecular weight is 842 g/mol. The number of hydrogen-bond acceptors (Lipinski definition) is 10. The summed E-state index contributed by atoms with van der Waals surface area (Å²) in [6.07, 6.45) is 10.4. The number of sulfonamides is 1. The molecule has 1 aromatic heterocycles. The number of ether oxygens (including phenoxy) is 3. The van der Waals surface area contributed by atoms with Gasteiger partial charge in [0.2, 0.25) is 15.8 Å². The number of halogens is 1. The summed E-state index contributed by atoms with van der Waals surface area (Å²) in [6.45, 7) is 6.29. The van der Waals surface area contributed by atoms with Crippen molar-refractivity contribution in [2.45, 2.75) is 87.5 Å². The van der Waals surface area contributed by atoms with Gasteiger partial charge >= 0.3 is 0 Å². The molecule has 0 unspecified atom stereocenters. The average Bonchev–Trinajstić information content (AvgIpc) is 3.26. The van der Waals surface area contributed by atoms with E-state index in [0.29, 0.717) is 52.9 Å². The van der Waals surface area contributed by atoms with Crippen LogP contribution >= 0.6 is 0 Å². The third kappa shape index (κ3) is 8.47. The molecular formula is C47H56FN3O8S. The number of rotatable bonds is 20. The molecule has 1 aliphatic heterocycles. The van der Waals surface area contributed by atoms with E-state index >= 15 is 8.42 Å². The van der Waals surface area contributed by atoms with Gasteiger partial charge in [-0.2, -0.15) is 4.31 Å². The molecule has 2 N–H and O–H groups in total. The van der Waals surface area contributed by atoms with Crippen molar-refractivity contribution < 1.29 is 42.1 Å². The molecule has 0 radical (unpaired) electrons. The fraction of sp³-hybridized carbons (Fsp3) is 0.447. The second kappa shape index (κ2) is 19.4. The van der Waals surface area contributed by atoms with E-state index in [9.17, 15) is 14.6 Å². The number of aliphatic hydroxyl groups is 2. The normalized spacial score (nSPS) is 24.1. The summed E-state index contributed by atoms with van der Waals surface area (Å²) in [4.78, 5) is 10.2. The van der Waals surface area contributed by atoms with Crippen LogP contribution in [0.25, 0.3) is 10.9 Å². The maximum absolute atomic E-state index is 15.4. The molecule has 0 spiro atoms. The largest absolute Gasteiger partial charge is 0.489 e. The molecule has 3 aromatic carbocycles. The van der Waals surface area contributed by atoms with Crippen LogP contribution in [0.1, 0.15) is 75.3 Å². The van der Waals surface area contributed by atoms with Crippen LogP contribution in [0.5, 0.6) is 11.5 Å². The Hall–Kier alpha value is -4.66. The summed E-state index contributed by atoms with van der Waals surface area (Å²) in [6, 6.07) is 20.0. The monoisotopic (exact) mass is 841 g/mol. The van der Waals surface area contributed by atoms with Crippen LogP contribution in [0.15, 0.2) is 113 Å². The number of benzene rings is 3. The van der Waals surface area contributed by atoms with Crippen molar-refractivity contribution in [3.05, 3.63) is 120 Å². The first-order valence-corrected chi connectivity index (χ1v) is 22.5. The van der Waals surface area contributed by atoms with Gasteiger partial charge in [-0.1, -0.05) is 73.5 Å². The summed E-state index contributed by atoms with van der Waals surface area (Å²) in [5.74, 6) is -1.79. The molecule has 2 heterocycles. The number of pyridine rings is 1. The third-order valence-electron chi connectivity index (χ3n) is 12.2. The van der Waals surface area contributed by atoms with E-state index in [-0.39, 0.29) is 67.9 Å². The van der Waals surface area contributed by atoms with Crippen LogP contribution in [0.3, 0.4) is 0 Å². The van der Waals surface area contributed by atoms with Gasteiger partial charge in [-0.15, -0.1) is 6.58 Å². The molecular weight excluding hydrogens is 786 g/mol. The molecule has 6 atom stereocenters. The SMILES string of the molecule is C=CCO[C@@]12Oc3ccc(OCc4ccccc4F)cc3[C@H]3[C@H](CCCCO)[C@@H](CCCCO)C=C(C(=NOC)C[C@@H]1N(CCC)S(=O)(=O)c1cccc4cccnc14)[C@H]32. The first-order valence-electron chi connectivity index (χ1n) is 21.1. The molecule has 3 aliphatic rings. The standard InChI is InChI=1S/C47H56FN3O8S/c1-4-24-51(60(54,55)42-20-12-16-32-17-13-23-49-46(32)42)43-30-40(50-56-3)37-28-33(14-8-10-25-52)36(18-9-11-26-53)44-38-29-35(57-31-34-15-6-7-19-39(34)48)21-22-41(38)59-47(43,45(37)44)58-27-5-2/h5-7,12-13,15-17,19-23,28-29,33,36,43-45,52-53H,2,4,8-11,14,18,24-27,30-31H2,1,3H3/t33-,36+,43-,44+,45+,47+/m0/s1. The van der Waals surface area contributed by atoms with Crippen molar-refractivity contribution in [3.63, 3.8) is 0 Å². The summed E-state index contributed by atoms with van der Waals surface area (Å²) < 4.78 is 67.5. The van der Waals surface area contributed by atoms with Crippen molar-refractivity contribution >= 4 is 26.6 Å². The Balaban J connectivity index is 1.45. The first kappa shape index (κ1) is 43.4. The molecule has 7 rings (SSSR count).